The second kappa shape index (κ2) is 5.49. The summed E-state index contributed by atoms with van der Waals surface area (Å²) in [5.74, 6) is -0.852. The number of nitrogens with zero attached hydrogens (tertiary/aromatic N) is 1. The van der Waals surface area contributed by atoms with Crippen molar-refractivity contribution in [2.75, 3.05) is 11.9 Å². The summed E-state index contributed by atoms with van der Waals surface area (Å²) in [5.41, 5.74) is 2.15. The van der Waals surface area contributed by atoms with Gasteiger partial charge in [-0.15, -0.1) is 0 Å². The van der Waals surface area contributed by atoms with Crippen LogP contribution in [-0.2, 0) is 11.3 Å². The first kappa shape index (κ1) is 13.5. The minimum absolute atomic E-state index is 0.101. The van der Waals surface area contributed by atoms with Gasteiger partial charge in [0.15, 0.2) is 0 Å². The smallest absolute Gasteiger partial charge is 0.304 e. The van der Waals surface area contributed by atoms with Crippen LogP contribution >= 0.6 is 0 Å². The van der Waals surface area contributed by atoms with Gasteiger partial charge in [-0.1, -0.05) is 24.3 Å². The maximum Gasteiger partial charge on any atom is 0.304 e. The van der Waals surface area contributed by atoms with Crippen molar-refractivity contribution in [3.8, 4) is 0 Å². The highest BCUT2D eigenvalue weighted by atomic mass is 19.1. The SMILES string of the molecule is O=[N+]([O-])c1ccc(NC2COCc3ccccc32)cc1F. The van der Waals surface area contributed by atoms with Crippen LogP contribution in [0.4, 0.5) is 15.8 Å². The number of hydrogen-bond donors (Lipinski definition) is 1. The van der Waals surface area contributed by atoms with Crippen LogP contribution in [0.2, 0.25) is 0 Å². The zero-order valence-electron chi connectivity index (χ0n) is 11.1. The molecular formula is C15H13FN2O3. The number of ether oxygens (including phenoxy) is 1. The topological polar surface area (TPSA) is 64.4 Å². The van der Waals surface area contributed by atoms with E-state index in [1.165, 1.54) is 6.07 Å². The van der Waals surface area contributed by atoms with Gasteiger partial charge in [0.25, 0.3) is 0 Å². The number of anilines is 1. The predicted octanol–water partition coefficient (Wildman–Crippen LogP) is 3.42. The fourth-order valence-electron chi connectivity index (χ4n) is 2.45. The first-order valence-corrected chi connectivity index (χ1v) is 6.51. The number of nitrogens with one attached hydrogen (secondary N) is 1. The summed E-state index contributed by atoms with van der Waals surface area (Å²) in [5, 5.41) is 13.8. The van der Waals surface area contributed by atoms with Crippen molar-refractivity contribution in [2.45, 2.75) is 12.6 Å². The van der Waals surface area contributed by atoms with Gasteiger partial charge in [0, 0.05) is 17.8 Å². The van der Waals surface area contributed by atoms with Crippen molar-refractivity contribution in [3.63, 3.8) is 0 Å². The molecule has 0 radical (unpaired) electrons. The summed E-state index contributed by atoms with van der Waals surface area (Å²) in [6.45, 7) is 1.03. The monoisotopic (exact) mass is 288 g/mol. The Labute approximate surface area is 120 Å². The van der Waals surface area contributed by atoms with Crippen molar-refractivity contribution in [3.05, 3.63) is 69.5 Å². The Balaban J connectivity index is 1.85. The Bertz CT molecular complexity index is 690. The van der Waals surface area contributed by atoms with E-state index in [0.717, 1.165) is 23.3 Å². The van der Waals surface area contributed by atoms with E-state index in [-0.39, 0.29) is 6.04 Å². The van der Waals surface area contributed by atoms with Crippen LogP contribution in [-0.4, -0.2) is 11.5 Å². The zero-order valence-corrected chi connectivity index (χ0v) is 11.1. The minimum atomic E-state index is -0.852. The summed E-state index contributed by atoms with van der Waals surface area (Å²) in [6, 6.07) is 11.6. The van der Waals surface area contributed by atoms with Gasteiger partial charge in [-0.2, -0.15) is 4.39 Å². The second-order valence-corrected chi connectivity index (χ2v) is 4.83. The standard InChI is InChI=1S/C15H13FN2O3/c16-13-7-11(5-6-15(13)18(19)20)17-14-9-21-8-10-3-1-2-4-12(10)14/h1-7,14,17H,8-9H2. The van der Waals surface area contributed by atoms with Crippen LogP contribution in [0.5, 0.6) is 0 Å². The molecule has 0 aromatic heterocycles. The number of nitro benzene ring substituents is 1. The molecule has 0 bridgehead atoms. The van der Waals surface area contributed by atoms with E-state index < -0.39 is 16.4 Å². The molecule has 3 rings (SSSR count). The molecular weight excluding hydrogens is 275 g/mol. The van der Waals surface area contributed by atoms with Gasteiger partial charge < -0.3 is 10.1 Å². The van der Waals surface area contributed by atoms with Gasteiger partial charge in [0.2, 0.25) is 5.82 Å². The zero-order chi connectivity index (χ0) is 14.8. The molecule has 0 amide bonds. The Kier molecular flexibility index (Phi) is 3.53. The third kappa shape index (κ3) is 2.71. The van der Waals surface area contributed by atoms with E-state index in [2.05, 4.69) is 5.32 Å². The highest BCUT2D eigenvalue weighted by molar-refractivity contribution is 5.51. The van der Waals surface area contributed by atoms with Crippen LogP contribution in [0.1, 0.15) is 17.2 Å². The second-order valence-electron chi connectivity index (χ2n) is 4.83. The van der Waals surface area contributed by atoms with Gasteiger partial charge in [-0.25, -0.2) is 0 Å². The molecule has 108 valence electrons. The lowest BCUT2D eigenvalue weighted by atomic mass is 9.99. The summed E-state index contributed by atoms with van der Waals surface area (Å²) in [4.78, 5) is 9.87. The maximum absolute atomic E-state index is 13.6. The highest BCUT2D eigenvalue weighted by Crippen LogP contribution is 2.29. The van der Waals surface area contributed by atoms with Crippen LogP contribution < -0.4 is 5.32 Å². The van der Waals surface area contributed by atoms with E-state index >= 15 is 0 Å². The van der Waals surface area contributed by atoms with Crippen molar-refractivity contribution < 1.29 is 14.1 Å². The molecule has 0 saturated heterocycles. The van der Waals surface area contributed by atoms with Crippen LogP contribution in [0, 0.1) is 15.9 Å². The molecule has 1 unspecified atom stereocenters. The number of hydrogen-bond acceptors (Lipinski definition) is 4. The van der Waals surface area contributed by atoms with E-state index in [9.17, 15) is 14.5 Å². The summed E-state index contributed by atoms with van der Waals surface area (Å²) in [7, 11) is 0. The Hall–Kier alpha value is -2.47. The Morgan fingerprint density at radius 3 is 2.86 bits per heavy atom. The lowest BCUT2D eigenvalue weighted by Gasteiger charge is -2.27. The molecule has 1 N–H and O–H groups in total. The average Bonchev–Trinajstić information content (AvgIpc) is 2.47. The summed E-state index contributed by atoms with van der Waals surface area (Å²) >= 11 is 0. The quantitative estimate of drug-likeness (QED) is 0.694. The fourth-order valence-corrected chi connectivity index (χ4v) is 2.45. The number of rotatable bonds is 3. The number of benzene rings is 2. The molecule has 0 fully saturated rings. The van der Waals surface area contributed by atoms with E-state index in [0.29, 0.717) is 18.9 Å². The van der Waals surface area contributed by atoms with Crippen molar-refractivity contribution >= 4 is 11.4 Å². The predicted molar refractivity (Wildman–Crippen MR) is 75.5 cm³/mol. The molecule has 21 heavy (non-hydrogen) atoms. The van der Waals surface area contributed by atoms with Gasteiger partial charge in [-0.05, 0) is 17.2 Å². The molecule has 2 aromatic carbocycles. The normalized spacial score (nSPS) is 17.1. The van der Waals surface area contributed by atoms with E-state index in [1.54, 1.807) is 0 Å². The molecule has 5 nitrogen and oxygen atoms in total. The highest BCUT2D eigenvalue weighted by Gasteiger charge is 2.21. The molecule has 1 aliphatic rings. The molecule has 1 aliphatic heterocycles. The molecule has 0 saturated carbocycles. The number of halogens is 1. The molecule has 0 aliphatic carbocycles. The first-order chi connectivity index (χ1) is 10.1. The first-order valence-electron chi connectivity index (χ1n) is 6.51. The fraction of sp³-hybridized carbons (Fsp3) is 0.200. The van der Waals surface area contributed by atoms with Crippen molar-refractivity contribution in [1.82, 2.24) is 0 Å². The minimum Gasteiger partial charge on any atom is -0.376 e. The van der Waals surface area contributed by atoms with Crippen LogP contribution in [0.3, 0.4) is 0 Å². The van der Waals surface area contributed by atoms with Gasteiger partial charge >= 0.3 is 5.69 Å². The van der Waals surface area contributed by atoms with E-state index in [1.807, 2.05) is 24.3 Å². The molecule has 2 aromatic rings. The molecule has 1 heterocycles. The van der Waals surface area contributed by atoms with Crippen molar-refractivity contribution in [2.24, 2.45) is 0 Å². The van der Waals surface area contributed by atoms with Crippen LogP contribution in [0.15, 0.2) is 42.5 Å². The van der Waals surface area contributed by atoms with Gasteiger partial charge in [0.1, 0.15) is 0 Å². The lowest BCUT2D eigenvalue weighted by molar-refractivity contribution is -0.387. The summed E-state index contributed by atoms with van der Waals surface area (Å²) < 4.78 is 19.1. The third-order valence-electron chi connectivity index (χ3n) is 3.46. The lowest BCUT2D eigenvalue weighted by Crippen LogP contribution is -2.23. The average molecular weight is 288 g/mol. The summed E-state index contributed by atoms with van der Waals surface area (Å²) in [6.07, 6.45) is 0. The van der Waals surface area contributed by atoms with Crippen LogP contribution in [0.25, 0.3) is 0 Å². The maximum atomic E-state index is 13.6. The number of fused-ring (bicyclic) bond motifs is 1. The third-order valence-corrected chi connectivity index (χ3v) is 3.46. The number of nitro groups is 1. The van der Waals surface area contributed by atoms with E-state index in [4.69, 9.17) is 4.74 Å². The Morgan fingerprint density at radius 2 is 2.10 bits per heavy atom. The largest absolute Gasteiger partial charge is 0.376 e. The Morgan fingerprint density at radius 1 is 1.29 bits per heavy atom. The molecule has 6 heteroatoms. The van der Waals surface area contributed by atoms with Crippen molar-refractivity contribution in [1.29, 1.82) is 0 Å². The molecule has 1 atom stereocenters. The molecule has 0 spiro atoms. The van der Waals surface area contributed by atoms with Gasteiger partial charge in [0.05, 0.1) is 24.2 Å². The van der Waals surface area contributed by atoms with Gasteiger partial charge in [-0.3, -0.25) is 10.1 Å².